The number of nitrogens with two attached hydrogens (primary N) is 2. The van der Waals surface area contributed by atoms with Gasteiger partial charge in [-0.15, -0.1) is 0 Å². The fourth-order valence-corrected chi connectivity index (χ4v) is 5.03. The second kappa shape index (κ2) is 9.28. The fourth-order valence-electron chi connectivity index (χ4n) is 5.03. The molecule has 1 atom stereocenters. The van der Waals surface area contributed by atoms with Gasteiger partial charge in [0.25, 0.3) is 5.85 Å². The third-order valence-corrected chi connectivity index (χ3v) is 7.08. The second-order valence-electron chi connectivity index (χ2n) is 9.07. The standard InChI is InChI=1S/C24H31N7O3/c1-27-24(26)20(30-19-21(25)28-14-29-22(19)34-24)17-6-2-15(3-7-17)16-4-8-18(9-5-16)23(32)31-10-12-33-13-11-31/h2-3,6-7,14,16,18,27H,4-5,8-13,26H2,1H3,(H2,25,28,29). The number of amides is 1. The highest BCUT2D eigenvalue weighted by Crippen LogP contribution is 2.39. The Bertz CT molecular complexity index is 1080. The first-order valence-electron chi connectivity index (χ1n) is 11.8. The maximum atomic E-state index is 12.8. The van der Waals surface area contributed by atoms with Crippen molar-refractivity contribution in [2.45, 2.75) is 37.5 Å². The predicted octanol–water partition coefficient (Wildman–Crippen LogP) is 1.54. The number of likely N-dealkylation sites (N-methyl/N-ethyl adjacent to an activating group) is 1. The van der Waals surface area contributed by atoms with Crippen LogP contribution in [0.25, 0.3) is 0 Å². The number of hydrogen-bond acceptors (Lipinski definition) is 9. The topological polar surface area (TPSA) is 141 Å². The van der Waals surface area contributed by atoms with E-state index in [1.807, 2.05) is 17.0 Å². The van der Waals surface area contributed by atoms with Crippen LogP contribution in [0.1, 0.15) is 42.7 Å². The number of benzene rings is 1. The normalized spacial score (nSPS) is 26.9. The van der Waals surface area contributed by atoms with Crippen molar-refractivity contribution in [1.82, 2.24) is 20.2 Å². The minimum Gasteiger partial charge on any atom is -0.434 e. The molecule has 3 heterocycles. The number of carbonyl (C=O) groups is 1. The molecule has 1 unspecified atom stereocenters. The molecular formula is C24H31N7O3. The van der Waals surface area contributed by atoms with Crippen molar-refractivity contribution >= 4 is 23.1 Å². The number of hydrogen-bond donors (Lipinski definition) is 3. The molecule has 1 amide bonds. The summed E-state index contributed by atoms with van der Waals surface area (Å²) in [5, 5.41) is 2.99. The van der Waals surface area contributed by atoms with Gasteiger partial charge >= 0.3 is 0 Å². The minimum absolute atomic E-state index is 0.128. The van der Waals surface area contributed by atoms with E-state index in [2.05, 4.69) is 32.4 Å². The first-order valence-corrected chi connectivity index (χ1v) is 11.8. The van der Waals surface area contributed by atoms with Crippen molar-refractivity contribution in [3.05, 3.63) is 41.7 Å². The molecule has 10 nitrogen and oxygen atoms in total. The molecule has 5 rings (SSSR count). The molecule has 1 saturated heterocycles. The number of anilines is 1. The Kier molecular flexibility index (Phi) is 6.20. The Balaban J connectivity index is 1.29. The Hall–Kier alpha value is -3.08. The maximum Gasteiger partial charge on any atom is 0.261 e. The van der Waals surface area contributed by atoms with Crippen molar-refractivity contribution in [2.24, 2.45) is 16.6 Å². The molecule has 1 aromatic carbocycles. The molecular weight excluding hydrogens is 434 g/mol. The molecule has 1 aliphatic carbocycles. The van der Waals surface area contributed by atoms with Crippen molar-refractivity contribution in [3.63, 3.8) is 0 Å². The average Bonchev–Trinajstić information content (AvgIpc) is 2.89. The van der Waals surface area contributed by atoms with Crippen LogP contribution in [-0.4, -0.2) is 65.7 Å². The largest absolute Gasteiger partial charge is 0.434 e. The van der Waals surface area contributed by atoms with Crippen LogP contribution >= 0.6 is 0 Å². The lowest BCUT2D eigenvalue weighted by molar-refractivity contribution is -0.140. The smallest absolute Gasteiger partial charge is 0.261 e. The van der Waals surface area contributed by atoms with Gasteiger partial charge in [-0.1, -0.05) is 24.3 Å². The van der Waals surface area contributed by atoms with Crippen LogP contribution in [0.5, 0.6) is 5.88 Å². The Morgan fingerprint density at radius 1 is 1.12 bits per heavy atom. The first kappa shape index (κ1) is 22.7. The van der Waals surface area contributed by atoms with Gasteiger partial charge in [-0.3, -0.25) is 15.8 Å². The lowest BCUT2D eigenvalue weighted by atomic mass is 9.78. The van der Waals surface area contributed by atoms with E-state index in [1.165, 1.54) is 11.9 Å². The highest BCUT2D eigenvalue weighted by atomic mass is 16.5. The summed E-state index contributed by atoms with van der Waals surface area (Å²) in [5.41, 5.74) is 15.4. The number of nitrogen functional groups attached to an aromatic ring is 1. The van der Waals surface area contributed by atoms with E-state index in [0.29, 0.717) is 49.5 Å². The third-order valence-electron chi connectivity index (χ3n) is 7.08. The molecule has 2 fully saturated rings. The Morgan fingerprint density at radius 3 is 2.50 bits per heavy atom. The Labute approximate surface area is 198 Å². The second-order valence-corrected chi connectivity index (χ2v) is 9.07. The van der Waals surface area contributed by atoms with Crippen LogP contribution in [0.3, 0.4) is 0 Å². The van der Waals surface area contributed by atoms with Crippen LogP contribution in [0.15, 0.2) is 35.6 Å². The molecule has 5 N–H and O–H groups in total. The molecule has 1 saturated carbocycles. The van der Waals surface area contributed by atoms with Crippen molar-refractivity contribution in [3.8, 4) is 5.88 Å². The average molecular weight is 466 g/mol. The molecule has 0 spiro atoms. The molecule has 0 bridgehead atoms. The number of nitrogens with one attached hydrogen (secondary N) is 1. The van der Waals surface area contributed by atoms with Gasteiger partial charge in [-0.2, -0.15) is 4.98 Å². The zero-order valence-corrected chi connectivity index (χ0v) is 19.4. The zero-order valence-electron chi connectivity index (χ0n) is 19.4. The van der Waals surface area contributed by atoms with Crippen molar-refractivity contribution in [2.75, 3.05) is 39.1 Å². The summed E-state index contributed by atoms with van der Waals surface area (Å²) in [7, 11) is 1.70. The van der Waals surface area contributed by atoms with Gasteiger partial charge in [0, 0.05) is 24.6 Å². The summed E-state index contributed by atoms with van der Waals surface area (Å²) in [6.45, 7) is 2.72. The zero-order chi connectivity index (χ0) is 23.7. The van der Waals surface area contributed by atoms with Gasteiger partial charge in [-0.25, -0.2) is 9.98 Å². The number of carbonyl (C=O) groups excluding carboxylic acids is 1. The number of aromatic nitrogens is 2. The Morgan fingerprint density at radius 2 is 1.82 bits per heavy atom. The van der Waals surface area contributed by atoms with E-state index in [1.54, 1.807) is 7.05 Å². The molecule has 3 aliphatic rings. The van der Waals surface area contributed by atoms with Gasteiger partial charge in [-0.05, 0) is 44.2 Å². The lowest BCUT2D eigenvalue weighted by Gasteiger charge is -2.35. The van der Waals surface area contributed by atoms with E-state index in [9.17, 15) is 4.79 Å². The summed E-state index contributed by atoms with van der Waals surface area (Å²) in [4.78, 5) is 27.6. The van der Waals surface area contributed by atoms with Crippen LogP contribution in [-0.2, 0) is 9.53 Å². The van der Waals surface area contributed by atoms with Gasteiger partial charge in [0.2, 0.25) is 11.8 Å². The summed E-state index contributed by atoms with van der Waals surface area (Å²) >= 11 is 0. The number of rotatable bonds is 4. The molecule has 1 aromatic heterocycles. The van der Waals surface area contributed by atoms with Crippen LogP contribution in [0, 0.1) is 5.92 Å². The third kappa shape index (κ3) is 4.24. The van der Waals surface area contributed by atoms with Crippen LogP contribution in [0.4, 0.5) is 11.5 Å². The number of aliphatic imine (C=N–C) groups is 1. The van der Waals surface area contributed by atoms with E-state index in [4.69, 9.17) is 20.9 Å². The fraction of sp³-hybridized carbons (Fsp3) is 0.500. The monoisotopic (exact) mass is 465 g/mol. The summed E-state index contributed by atoms with van der Waals surface area (Å²) in [6, 6.07) is 8.24. The van der Waals surface area contributed by atoms with E-state index < -0.39 is 5.85 Å². The lowest BCUT2D eigenvalue weighted by Crippen LogP contribution is -2.64. The summed E-state index contributed by atoms with van der Waals surface area (Å²) in [6.07, 6.45) is 5.17. The SMILES string of the molecule is CNC1(N)Oc2ncnc(N)c2N=C1c1ccc(C2CCC(C(=O)N3CCOCC3)CC2)cc1. The molecule has 0 radical (unpaired) electrons. The van der Waals surface area contributed by atoms with Crippen molar-refractivity contribution < 1.29 is 14.3 Å². The number of fused-ring (bicyclic) bond motifs is 1. The number of morpholine rings is 1. The molecule has 2 aliphatic heterocycles. The minimum atomic E-state index is -1.34. The highest BCUT2D eigenvalue weighted by Gasteiger charge is 2.39. The quantitative estimate of drug-likeness (QED) is 0.578. The number of nitrogens with zero attached hydrogens (tertiary/aromatic N) is 4. The number of ether oxygens (including phenoxy) is 2. The van der Waals surface area contributed by atoms with E-state index in [0.717, 1.165) is 31.2 Å². The van der Waals surface area contributed by atoms with E-state index >= 15 is 0 Å². The van der Waals surface area contributed by atoms with Gasteiger partial charge < -0.3 is 20.1 Å². The molecule has 180 valence electrons. The van der Waals surface area contributed by atoms with E-state index in [-0.39, 0.29) is 17.6 Å². The predicted molar refractivity (Wildman–Crippen MR) is 128 cm³/mol. The van der Waals surface area contributed by atoms with Crippen LogP contribution < -0.4 is 21.5 Å². The highest BCUT2D eigenvalue weighted by molar-refractivity contribution is 6.09. The molecule has 10 heteroatoms. The summed E-state index contributed by atoms with van der Waals surface area (Å²) in [5.74, 6) is -0.00330. The van der Waals surface area contributed by atoms with Gasteiger partial charge in [0.1, 0.15) is 12.0 Å². The van der Waals surface area contributed by atoms with Crippen LogP contribution in [0.2, 0.25) is 0 Å². The van der Waals surface area contributed by atoms with Crippen molar-refractivity contribution in [1.29, 1.82) is 0 Å². The maximum absolute atomic E-state index is 12.8. The molecule has 34 heavy (non-hydrogen) atoms. The molecule has 2 aromatic rings. The summed E-state index contributed by atoms with van der Waals surface area (Å²) < 4.78 is 11.3. The van der Waals surface area contributed by atoms with Gasteiger partial charge in [0.15, 0.2) is 11.5 Å². The van der Waals surface area contributed by atoms with Gasteiger partial charge in [0.05, 0.1) is 13.2 Å². The first-order chi connectivity index (χ1) is 16.5.